The molecule has 1 nitrogen and oxygen atoms in total. The Kier molecular flexibility index (Phi) is 11.1. The van der Waals surface area contributed by atoms with Crippen LogP contribution in [0, 0.1) is 5.41 Å². The van der Waals surface area contributed by atoms with E-state index in [2.05, 4.69) is 25.8 Å². The molecular weight excluding hydrogens is 170 g/mol. The molecule has 0 spiro atoms. The summed E-state index contributed by atoms with van der Waals surface area (Å²) in [6, 6.07) is 0. The topological polar surface area (TPSA) is 3.24 Å². The van der Waals surface area contributed by atoms with E-state index in [1.807, 2.05) is 27.7 Å². The van der Waals surface area contributed by atoms with Gasteiger partial charge in [-0.05, 0) is 31.8 Å². The summed E-state index contributed by atoms with van der Waals surface area (Å²) in [7, 11) is 2.23. The van der Waals surface area contributed by atoms with E-state index in [0.29, 0.717) is 5.41 Å². The van der Waals surface area contributed by atoms with Crippen LogP contribution in [0.4, 0.5) is 0 Å². The first-order valence-corrected chi connectivity index (χ1v) is 6.29. The molecule has 0 aliphatic carbocycles. The highest BCUT2D eigenvalue weighted by Gasteiger charge is 2.21. The second kappa shape index (κ2) is 9.51. The molecule has 1 rings (SSSR count). The molecule has 0 bridgehead atoms. The predicted octanol–water partition coefficient (Wildman–Crippen LogP) is 4.18. The Balaban J connectivity index is 0. The van der Waals surface area contributed by atoms with Crippen molar-refractivity contribution in [3.05, 3.63) is 0 Å². The van der Waals surface area contributed by atoms with Crippen molar-refractivity contribution >= 4 is 0 Å². The first-order valence-electron chi connectivity index (χ1n) is 6.29. The van der Waals surface area contributed by atoms with Crippen molar-refractivity contribution in [2.45, 2.75) is 60.8 Å². The van der Waals surface area contributed by atoms with E-state index >= 15 is 0 Å². The van der Waals surface area contributed by atoms with Gasteiger partial charge in [-0.1, -0.05) is 48.0 Å². The molecule has 1 heterocycles. The van der Waals surface area contributed by atoms with Gasteiger partial charge in [-0.3, -0.25) is 0 Å². The van der Waals surface area contributed by atoms with Crippen molar-refractivity contribution in [3.8, 4) is 0 Å². The maximum absolute atomic E-state index is 2.45. The summed E-state index contributed by atoms with van der Waals surface area (Å²) < 4.78 is 0. The first-order chi connectivity index (χ1) is 6.60. The minimum atomic E-state index is 0.561. The van der Waals surface area contributed by atoms with E-state index in [9.17, 15) is 0 Å². The standard InChI is InChI=1S/C9H19N.2C2H6/c1-9(2)6-4-5-7-10(3)8-9;2*1-2/h4-8H2,1-3H3;2*1-2H3. The van der Waals surface area contributed by atoms with Gasteiger partial charge in [0, 0.05) is 6.54 Å². The van der Waals surface area contributed by atoms with Crippen LogP contribution in [0.3, 0.4) is 0 Å². The third kappa shape index (κ3) is 8.55. The minimum Gasteiger partial charge on any atom is -0.306 e. The van der Waals surface area contributed by atoms with Gasteiger partial charge in [-0.15, -0.1) is 0 Å². The zero-order chi connectivity index (χ0) is 11.6. The summed E-state index contributed by atoms with van der Waals surface area (Å²) in [4.78, 5) is 2.45. The molecule has 0 unspecified atom stereocenters. The van der Waals surface area contributed by atoms with E-state index < -0.39 is 0 Å². The molecule has 88 valence electrons. The molecule has 0 saturated carbocycles. The van der Waals surface area contributed by atoms with Gasteiger partial charge >= 0.3 is 0 Å². The van der Waals surface area contributed by atoms with E-state index in [1.54, 1.807) is 0 Å². The van der Waals surface area contributed by atoms with E-state index in [0.717, 1.165) is 0 Å². The Hall–Kier alpha value is -0.0400. The largest absolute Gasteiger partial charge is 0.306 e. The lowest BCUT2D eigenvalue weighted by atomic mass is 9.88. The summed E-state index contributed by atoms with van der Waals surface area (Å²) in [6.07, 6.45) is 4.20. The van der Waals surface area contributed by atoms with Crippen molar-refractivity contribution in [3.63, 3.8) is 0 Å². The zero-order valence-corrected chi connectivity index (χ0v) is 11.5. The van der Waals surface area contributed by atoms with Gasteiger partial charge in [-0.25, -0.2) is 0 Å². The van der Waals surface area contributed by atoms with Crippen LogP contribution in [-0.4, -0.2) is 25.0 Å². The van der Waals surface area contributed by atoms with Crippen LogP contribution < -0.4 is 0 Å². The fourth-order valence-electron chi connectivity index (χ4n) is 1.87. The lowest BCUT2D eigenvalue weighted by Gasteiger charge is -2.26. The van der Waals surface area contributed by atoms with Crippen LogP contribution in [0.1, 0.15) is 60.8 Å². The Morgan fingerprint density at radius 1 is 0.929 bits per heavy atom. The third-order valence-corrected chi connectivity index (χ3v) is 2.34. The fourth-order valence-corrected chi connectivity index (χ4v) is 1.87. The SMILES string of the molecule is CC.CC.CN1CCCCC(C)(C)C1. The molecule has 1 aliphatic rings. The van der Waals surface area contributed by atoms with Crippen LogP contribution >= 0.6 is 0 Å². The van der Waals surface area contributed by atoms with Crippen LogP contribution in [0.15, 0.2) is 0 Å². The van der Waals surface area contributed by atoms with Gasteiger partial charge in [-0.2, -0.15) is 0 Å². The van der Waals surface area contributed by atoms with E-state index in [-0.39, 0.29) is 0 Å². The molecule has 1 fully saturated rings. The number of hydrogen-bond donors (Lipinski definition) is 0. The van der Waals surface area contributed by atoms with E-state index in [1.165, 1.54) is 32.4 Å². The summed E-state index contributed by atoms with van der Waals surface area (Å²) in [6.45, 7) is 15.3. The maximum atomic E-state index is 2.45. The quantitative estimate of drug-likeness (QED) is 0.568. The van der Waals surface area contributed by atoms with Crippen LogP contribution in [0.2, 0.25) is 0 Å². The summed E-state index contributed by atoms with van der Waals surface area (Å²) >= 11 is 0. The van der Waals surface area contributed by atoms with Crippen molar-refractivity contribution < 1.29 is 0 Å². The Morgan fingerprint density at radius 2 is 1.43 bits per heavy atom. The molecule has 1 heteroatoms. The van der Waals surface area contributed by atoms with Gasteiger partial charge in [0.25, 0.3) is 0 Å². The normalized spacial score (nSPS) is 20.8. The lowest BCUT2D eigenvalue weighted by Crippen LogP contribution is -2.29. The van der Waals surface area contributed by atoms with Gasteiger partial charge in [0.05, 0.1) is 0 Å². The molecule has 0 atom stereocenters. The first kappa shape index (κ1) is 16.4. The van der Waals surface area contributed by atoms with Crippen LogP contribution in [-0.2, 0) is 0 Å². The monoisotopic (exact) mass is 201 g/mol. The number of hydrogen-bond acceptors (Lipinski definition) is 1. The lowest BCUT2D eigenvalue weighted by molar-refractivity contribution is 0.228. The Bertz CT molecular complexity index is 108. The van der Waals surface area contributed by atoms with Crippen molar-refractivity contribution in [1.82, 2.24) is 4.90 Å². The molecule has 0 aromatic rings. The van der Waals surface area contributed by atoms with Crippen molar-refractivity contribution in [2.24, 2.45) is 5.41 Å². The summed E-state index contributed by atoms with van der Waals surface area (Å²) in [5, 5.41) is 0. The number of rotatable bonds is 0. The average molecular weight is 201 g/mol. The molecule has 0 aromatic heterocycles. The highest BCUT2D eigenvalue weighted by atomic mass is 15.1. The van der Waals surface area contributed by atoms with E-state index in [4.69, 9.17) is 0 Å². The minimum absolute atomic E-state index is 0.561. The van der Waals surface area contributed by atoms with Gasteiger partial charge in [0.1, 0.15) is 0 Å². The number of likely N-dealkylation sites (tertiary alicyclic amines) is 1. The highest BCUT2D eigenvalue weighted by molar-refractivity contribution is 4.75. The van der Waals surface area contributed by atoms with Crippen molar-refractivity contribution in [2.75, 3.05) is 20.1 Å². The maximum Gasteiger partial charge on any atom is 0.00296 e. The molecule has 0 N–H and O–H groups in total. The molecule has 1 saturated heterocycles. The molecule has 0 aromatic carbocycles. The van der Waals surface area contributed by atoms with Crippen LogP contribution in [0.5, 0.6) is 0 Å². The molecule has 0 amide bonds. The highest BCUT2D eigenvalue weighted by Crippen LogP contribution is 2.26. The second-order valence-electron chi connectivity index (χ2n) is 4.36. The molecule has 1 aliphatic heterocycles. The average Bonchev–Trinajstić information content (AvgIpc) is 2.32. The Labute approximate surface area is 91.9 Å². The molecule has 14 heavy (non-hydrogen) atoms. The predicted molar refractivity (Wildman–Crippen MR) is 67.8 cm³/mol. The van der Waals surface area contributed by atoms with Gasteiger partial charge in [0.2, 0.25) is 0 Å². The Morgan fingerprint density at radius 3 is 1.93 bits per heavy atom. The second-order valence-corrected chi connectivity index (χ2v) is 4.36. The van der Waals surface area contributed by atoms with Gasteiger partial charge < -0.3 is 4.90 Å². The third-order valence-electron chi connectivity index (χ3n) is 2.34. The smallest absolute Gasteiger partial charge is 0.00296 e. The van der Waals surface area contributed by atoms with Gasteiger partial charge in [0.15, 0.2) is 0 Å². The molecular formula is C13H31N. The molecule has 0 radical (unpaired) electrons. The summed E-state index contributed by atoms with van der Waals surface area (Å²) in [5.41, 5.74) is 0.561. The zero-order valence-electron chi connectivity index (χ0n) is 11.5. The van der Waals surface area contributed by atoms with Crippen molar-refractivity contribution in [1.29, 1.82) is 0 Å². The van der Waals surface area contributed by atoms with Crippen LogP contribution in [0.25, 0.3) is 0 Å². The summed E-state index contributed by atoms with van der Waals surface area (Å²) in [5.74, 6) is 0. The fraction of sp³-hybridized carbons (Fsp3) is 1.00. The number of nitrogens with zero attached hydrogens (tertiary/aromatic N) is 1.